The van der Waals surface area contributed by atoms with E-state index in [1.165, 1.54) is 0 Å². The molecule has 0 amide bonds. The smallest absolute Gasteiger partial charge is 0.140 e. The molecule has 0 aromatic carbocycles. The monoisotopic (exact) mass is 207 g/mol. The summed E-state index contributed by atoms with van der Waals surface area (Å²) in [5.74, 6) is 0.496. The molecule has 1 heterocycles. The summed E-state index contributed by atoms with van der Waals surface area (Å²) < 4.78 is 1.73. The molecule has 4 nitrogen and oxygen atoms in total. The van der Waals surface area contributed by atoms with Crippen LogP contribution in [0.15, 0.2) is 12.4 Å². The quantitative estimate of drug-likeness (QED) is 0.792. The zero-order valence-corrected chi connectivity index (χ0v) is 9.02. The van der Waals surface area contributed by atoms with Gasteiger partial charge in [-0.15, -0.1) is 0 Å². The Hall–Kier alpha value is -1.16. The van der Waals surface area contributed by atoms with E-state index < -0.39 is 0 Å². The lowest BCUT2D eigenvalue weighted by Gasteiger charge is -2.06. The van der Waals surface area contributed by atoms with Gasteiger partial charge >= 0.3 is 0 Å². The molecule has 2 rings (SSSR count). The summed E-state index contributed by atoms with van der Waals surface area (Å²) in [5.41, 5.74) is 6.79. The van der Waals surface area contributed by atoms with Crippen LogP contribution in [0.5, 0.6) is 0 Å². The molecule has 1 aromatic heterocycles. The van der Waals surface area contributed by atoms with Gasteiger partial charge in [0.05, 0.1) is 6.20 Å². The molecule has 1 aromatic rings. The zero-order chi connectivity index (χ0) is 10.8. The normalized spacial score (nSPS) is 25.7. The Labute approximate surface area is 89.5 Å². The first-order valence-corrected chi connectivity index (χ1v) is 5.41. The van der Waals surface area contributed by atoms with Crippen LogP contribution in [-0.4, -0.2) is 21.6 Å². The second-order valence-corrected chi connectivity index (χ2v) is 4.44. The molecule has 4 heteroatoms. The average molecular weight is 207 g/mol. The van der Waals surface area contributed by atoms with Crippen LogP contribution in [0.4, 0.5) is 0 Å². The van der Waals surface area contributed by atoms with Gasteiger partial charge in [-0.2, -0.15) is 5.10 Å². The highest BCUT2D eigenvalue weighted by molar-refractivity contribution is 5.83. The average Bonchev–Trinajstić information content (AvgIpc) is 2.75. The van der Waals surface area contributed by atoms with Crippen molar-refractivity contribution < 1.29 is 4.79 Å². The molecule has 1 fully saturated rings. The SMILES string of the molecule is Cn1cc(CC(=O)C2CCC(N)C2)cn1. The fraction of sp³-hybridized carbons (Fsp3) is 0.636. The number of carbonyl (C=O) groups is 1. The molecule has 1 aliphatic carbocycles. The van der Waals surface area contributed by atoms with Crippen molar-refractivity contribution in [2.24, 2.45) is 18.7 Å². The second-order valence-electron chi connectivity index (χ2n) is 4.44. The van der Waals surface area contributed by atoms with Gasteiger partial charge in [-0.25, -0.2) is 0 Å². The van der Waals surface area contributed by atoms with Gasteiger partial charge in [0.15, 0.2) is 0 Å². The van der Waals surface area contributed by atoms with E-state index in [0.29, 0.717) is 12.2 Å². The number of nitrogens with zero attached hydrogens (tertiary/aromatic N) is 2. The minimum absolute atomic E-state index is 0.181. The molecule has 0 aliphatic heterocycles. The van der Waals surface area contributed by atoms with E-state index in [0.717, 1.165) is 24.8 Å². The standard InChI is InChI=1S/C11H17N3O/c1-14-7-8(6-13-14)4-11(15)9-2-3-10(12)5-9/h6-7,9-10H,2-5,12H2,1H3. The summed E-state index contributed by atoms with van der Waals surface area (Å²) in [7, 11) is 1.86. The third-order valence-corrected chi connectivity index (χ3v) is 3.07. The topological polar surface area (TPSA) is 60.9 Å². The van der Waals surface area contributed by atoms with E-state index in [9.17, 15) is 4.79 Å². The van der Waals surface area contributed by atoms with Crippen molar-refractivity contribution in [1.82, 2.24) is 9.78 Å². The Bertz CT molecular complexity index is 358. The summed E-state index contributed by atoms with van der Waals surface area (Å²) in [6.45, 7) is 0. The number of hydrogen-bond donors (Lipinski definition) is 1. The predicted octanol–water partition coefficient (Wildman–Crippen LogP) is 0.659. The van der Waals surface area contributed by atoms with Crippen LogP contribution < -0.4 is 5.73 Å². The molecule has 2 atom stereocenters. The number of hydrogen-bond acceptors (Lipinski definition) is 3. The summed E-state index contributed by atoms with van der Waals surface area (Å²) in [5, 5.41) is 4.05. The van der Waals surface area contributed by atoms with E-state index in [-0.39, 0.29) is 12.0 Å². The summed E-state index contributed by atoms with van der Waals surface area (Å²) in [6.07, 6.45) is 6.97. The molecule has 2 N–H and O–H groups in total. The van der Waals surface area contributed by atoms with E-state index in [1.54, 1.807) is 10.9 Å². The highest BCUT2D eigenvalue weighted by Gasteiger charge is 2.27. The lowest BCUT2D eigenvalue weighted by Crippen LogP contribution is -2.19. The Morgan fingerprint density at radius 3 is 3.00 bits per heavy atom. The van der Waals surface area contributed by atoms with Crippen LogP contribution in [0.25, 0.3) is 0 Å². The number of rotatable bonds is 3. The predicted molar refractivity (Wildman–Crippen MR) is 57.2 cm³/mol. The van der Waals surface area contributed by atoms with Crippen LogP contribution in [0.1, 0.15) is 24.8 Å². The van der Waals surface area contributed by atoms with Crippen LogP contribution >= 0.6 is 0 Å². The van der Waals surface area contributed by atoms with Crippen molar-refractivity contribution in [3.05, 3.63) is 18.0 Å². The summed E-state index contributed by atoms with van der Waals surface area (Å²) >= 11 is 0. The van der Waals surface area contributed by atoms with Gasteiger partial charge < -0.3 is 5.73 Å². The number of nitrogens with two attached hydrogens (primary N) is 1. The Balaban J connectivity index is 1.92. The van der Waals surface area contributed by atoms with Crippen molar-refractivity contribution >= 4 is 5.78 Å². The Kier molecular flexibility index (Phi) is 2.86. The molecule has 0 bridgehead atoms. The Morgan fingerprint density at radius 2 is 2.47 bits per heavy atom. The maximum atomic E-state index is 11.9. The molecule has 0 spiro atoms. The lowest BCUT2D eigenvalue weighted by atomic mass is 9.98. The number of Topliss-reactive ketones (excluding diaryl/α,β-unsaturated/α-hetero) is 1. The molecule has 82 valence electrons. The van der Waals surface area contributed by atoms with Gasteiger partial charge in [0.25, 0.3) is 0 Å². The largest absolute Gasteiger partial charge is 0.328 e. The van der Waals surface area contributed by atoms with Crippen LogP contribution in [0, 0.1) is 5.92 Å². The highest BCUT2D eigenvalue weighted by Crippen LogP contribution is 2.25. The first kappa shape index (κ1) is 10.4. The lowest BCUT2D eigenvalue weighted by molar-refractivity contribution is -0.122. The van der Waals surface area contributed by atoms with Gasteiger partial charge in [0.2, 0.25) is 0 Å². The maximum absolute atomic E-state index is 11.9. The van der Waals surface area contributed by atoms with Crippen molar-refractivity contribution in [1.29, 1.82) is 0 Å². The van der Waals surface area contributed by atoms with Gasteiger partial charge in [-0.05, 0) is 24.8 Å². The molecule has 2 unspecified atom stereocenters. The zero-order valence-electron chi connectivity index (χ0n) is 9.02. The van der Waals surface area contributed by atoms with Crippen molar-refractivity contribution in [3.8, 4) is 0 Å². The number of aryl methyl sites for hydroxylation is 1. The molecule has 0 saturated heterocycles. The van der Waals surface area contributed by atoms with Crippen molar-refractivity contribution in [3.63, 3.8) is 0 Å². The van der Waals surface area contributed by atoms with E-state index >= 15 is 0 Å². The minimum atomic E-state index is 0.181. The number of ketones is 1. The van der Waals surface area contributed by atoms with Gasteiger partial charge in [0, 0.05) is 31.6 Å². The number of aromatic nitrogens is 2. The molecular weight excluding hydrogens is 190 g/mol. The van der Waals surface area contributed by atoms with Crippen LogP contribution in [0.2, 0.25) is 0 Å². The van der Waals surface area contributed by atoms with Gasteiger partial charge in [-0.3, -0.25) is 9.48 Å². The van der Waals surface area contributed by atoms with Crippen molar-refractivity contribution in [2.45, 2.75) is 31.7 Å². The van der Waals surface area contributed by atoms with E-state index in [4.69, 9.17) is 5.73 Å². The number of carbonyl (C=O) groups excluding carboxylic acids is 1. The fourth-order valence-corrected chi connectivity index (χ4v) is 2.22. The van der Waals surface area contributed by atoms with Crippen LogP contribution in [-0.2, 0) is 18.3 Å². The molecule has 1 aliphatic rings. The van der Waals surface area contributed by atoms with E-state index in [1.807, 2.05) is 13.2 Å². The first-order chi connectivity index (χ1) is 7.15. The van der Waals surface area contributed by atoms with Crippen molar-refractivity contribution in [2.75, 3.05) is 0 Å². The molecule has 1 saturated carbocycles. The highest BCUT2D eigenvalue weighted by atomic mass is 16.1. The summed E-state index contributed by atoms with van der Waals surface area (Å²) in [6, 6.07) is 0.229. The van der Waals surface area contributed by atoms with Gasteiger partial charge in [-0.1, -0.05) is 0 Å². The second kappa shape index (κ2) is 4.14. The molecular formula is C11H17N3O. The fourth-order valence-electron chi connectivity index (χ4n) is 2.22. The summed E-state index contributed by atoms with van der Waals surface area (Å²) in [4.78, 5) is 11.9. The third-order valence-electron chi connectivity index (χ3n) is 3.07. The first-order valence-electron chi connectivity index (χ1n) is 5.41. The molecule has 0 radical (unpaired) electrons. The van der Waals surface area contributed by atoms with Crippen LogP contribution in [0.3, 0.4) is 0 Å². The van der Waals surface area contributed by atoms with Gasteiger partial charge in [0.1, 0.15) is 5.78 Å². The Morgan fingerprint density at radius 1 is 1.67 bits per heavy atom. The van der Waals surface area contributed by atoms with E-state index in [2.05, 4.69) is 5.10 Å². The third kappa shape index (κ3) is 2.45. The molecule has 15 heavy (non-hydrogen) atoms. The maximum Gasteiger partial charge on any atom is 0.140 e. The minimum Gasteiger partial charge on any atom is -0.328 e.